The van der Waals surface area contributed by atoms with Crippen LogP contribution in [-0.2, 0) is 0 Å². The number of aryl methyl sites for hydroxylation is 1. The number of halogens is 3. The highest BCUT2D eigenvalue weighted by molar-refractivity contribution is 6.02. The zero-order valence-electron chi connectivity index (χ0n) is 11.7. The van der Waals surface area contributed by atoms with Crippen LogP contribution in [0.25, 0.3) is 0 Å². The Balaban J connectivity index is 2.33. The number of piperidine rings is 1. The van der Waals surface area contributed by atoms with Gasteiger partial charge in [-0.1, -0.05) is 16.8 Å². The smallest absolute Gasteiger partial charge is 0.393 e. The lowest BCUT2D eigenvalue weighted by Gasteiger charge is -2.36. The molecule has 0 spiro atoms. The summed E-state index contributed by atoms with van der Waals surface area (Å²) in [7, 11) is 0. The van der Waals surface area contributed by atoms with Crippen LogP contribution in [0, 0.1) is 12.8 Å². The van der Waals surface area contributed by atoms with E-state index in [0.29, 0.717) is 24.2 Å². The molecule has 0 aromatic heterocycles. The maximum Gasteiger partial charge on any atom is 0.393 e. The Morgan fingerprint density at radius 3 is 2.76 bits per heavy atom. The molecule has 1 saturated heterocycles. The average molecular weight is 301 g/mol. The minimum absolute atomic E-state index is 0.0946. The van der Waals surface area contributed by atoms with Crippen LogP contribution in [0.15, 0.2) is 23.4 Å². The van der Waals surface area contributed by atoms with E-state index in [9.17, 15) is 13.2 Å². The fourth-order valence-corrected chi connectivity index (χ4v) is 2.65. The van der Waals surface area contributed by atoms with Crippen LogP contribution in [0.3, 0.4) is 0 Å². The monoisotopic (exact) mass is 301 g/mol. The van der Waals surface area contributed by atoms with Crippen molar-refractivity contribution in [3.63, 3.8) is 0 Å². The van der Waals surface area contributed by atoms with Gasteiger partial charge in [-0.3, -0.25) is 0 Å². The first-order valence-corrected chi connectivity index (χ1v) is 6.73. The van der Waals surface area contributed by atoms with Gasteiger partial charge < -0.3 is 15.8 Å². The van der Waals surface area contributed by atoms with Gasteiger partial charge in [-0.2, -0.15) is 13.2 Å². The Bertz CT molecular complexity index is 543. The summed E-state index contributed by atoms with van der Waals surface area (Å²) in [5, 5.41) is 11.8. The van der Waals surface area contributed by atoms with Gasteiger partial charge >= 0.3 is 6.18 Å². The molecule has 7 heteroatoms. The van der Waals surface area contributed by atoms with Crippen molar-refractivity contribution in [1.29, 1.82) is 0 Å². The molecular formula is C14H18F3N3O. The van der Waals surface area contributed by atoms with Crippen molar-refractivity contribution in [3.05, 3.63) is 29.3 Å². The van der Waals surface area contributed by atoms with Crippen molar-refractivity contribution < 1.29 is 18.4 Å². The van der Waals surface area contributed by atoms with Gasteiger partial charge in [0, 0.05) is 24.3 Å². The molecule has 1 heterocycles. The molecular weight excluding hydrogens is 283 g/mol. The third-order valence-electron chi connectivity index (χ3n) is 3.76. The van der Waals surface area contributed by atoms with Crippen LogP contribution >= 0.6 is 0 Å². The number of hydrogen-bond donors (Lipinski definition) is 2. The summed E-state index contributed by atoms with van der Waals surface area (Å²) in [5.41, 5.74) is 7.57. The zero-order valence-corrected chi connectivity index (χ0v) is 11.7. The molecule has 0 saturated carbocycles. The number of hydrogen-bond acceptors (Lipinski definition) is 3. The van der Waals surface area contributed by atoms with E-state index in [-0.39, 0.29) is 18.8 Å². The summed E-state index contributed by atoms with van der Waals surface area (Å²) in [6, 6.07) is 5.24. The molecule has 4 nitrogen and oxygen atoms in total. The van der Waals surface area contributed by atoms with Crippen LogP contribution < -0.4 is 10.6 Å². The molecule has 1 atom stereocenters. The van der Waals surface area contributed by atoms with Crippen molar-refractivity contribution in [2.45, 2.75) is 25.9 Å². The van der Waals surface area contributed by atoms with E-state index < -0.39 is 12.1 Å². The van der Waals surface area contributed by atoms with Crippen molar-refractivity contribution in [2.75, 3.05) is 18.0 Å². The first kappa shape index (κ1) is 15.5. The van der Waals surface area contributed by atoms with Crippen LogP contribution in [0.5, 0.6) is 0 Å². The second-order valence-electron chi connectivity index (χ2n) is 5.33. The summed E-state index contributed by atoms with van der Waals surface area (Å²) >= 11 is 0. The Labute approximate surface area is 121 Å². The lowest BCUT2D eigenvalue weighted by atomic mass is 9.96. The summed E-state index contributed by atoms with van der Waals surface area (Å²) in [6.45, 7) is 2.27. The summed E-state index contributed by atoms with van der Waals surface area (Å²) < 4.78 is 38.7. The predicted molar refractivity (Wildman–Crippen MR) is 74.7 cm³/mol. The minimum Gasteiger partial charge on any atom is -0.409 e. The van der Waals surface area contributed by atoms with Gasteiger partial charge in [-0.25, -0.2) is 0 Å². The molecule has 1 aromatic carbocycles. The molecule has 3 N–H and O–H groups in total. The molecule has 2 rings (SSSR count). The van der Waals surface area contributed by atoms with Gasteiger partial charge in [0.15, 0.2) is 5.84 Å². The van der Waals surface area contributed by atoms with Crippen LogP contribution in [-0.4, -0.2) is 30.3 Å². The number of nitrogens with zero attached hydrogens (tertiary/aromatic N) is 2. The van der Waals surface area contributed by atoms with Crippen molar-refractivity contribution in [3.8, 4) is 0 Å². The molecule has 0 bridgehead atoms. The quantitative estimate of drug-likeness (QED) is 0.382. The van der Waals surface area contributed by atoms with Gasteiger partial charge in [0.25, 0.3) is 0 Å². The highest BCUT2D eigenvalue weighted by Gasteiger charge is 2.42. The van der Waals surface area contributed by atoms with Gasteiger partial charge in [0.2, 0.25) is 0 Å². The fourth-order valence-electron chi connectivity index (χ4n) is 2.65. The first-order chi connectivity index (χ1) is 9.82. The van der Waals surface area contributed by atoms with Crippen molar-refractivity contribution in [2.24, 2.45) is 16.8 Å². The van der Waals surface area contributed by atoms with Crippen LogP contribution in [0.1, 0.15) is 24.0 Å². The normalized spacial score (nSPS) is 20.7. The summed E-state index contributed by atoms with van der Waals surface area (Å²) in [6.07, 6.45) is -3.58. The van der Waals surface area contributed by atoms with Crippen molar-refractivity contribution >= 4 is 11.5 Å². The SMILES string of the molecule is Cc1ccc(N2CCCC(C(F)(F)F)C2)c(/C(N)=N/O)c1. The molecule has 1 aliphatic rings. The number of nitrogens with two attached hydrogens (primary N) is 1. The largest absolute Gasteiger partial charge is 0.409 e. The molecule has 1 aliphatic heterocycles. The maximum atomic E-state index is 12.9. The molecule has 0 radical (unpaired) electrons. The van der Waals surface area contributed by atoms with E-state index in [1.165, 1.54) is 0 Å². The topological polar surface area (TPSA) is 61.8 Å². The Morgan fingerprint density at radius 1 is 1.43 bits per heavy atom. The number of rotatable bonds is 2. The van der Waals surface area contributed by atoms with Crippen LogP contribution in [0.2, 0.25) is 0 Å². The number of anilines is 1. The maximum absolute atomic E-state index is 12.9. The van der Waals surface area contributed by atoms with E-state index in [4.69, 9.17) is 10.9 Å². The van der Waals surface area contributed by atoms with E-state index in [0.717, 1.165) is 5.56 Å². The standard InChI is InChI=1S/C14H18F3N3O/c1-9-4-5-12(11(7-9)13(18)19-21)20-6-2-3-10(8-20)14(15,16)17/h4-5,7,10,21H,2-3,6,8H2,1H3,(H2,18,19). The van der Waals surface area contributed by atoms with E-state index >= 15 is 0 Å². The molecule has 0 aliphatic carbocycles. The minimum atomic E-state index is -4.19. The molecule has 21 heavy (non-hydrogen) atoms. The molecule has 116 valence electrons. The third-order valence-corrected chi connectivity index (χ3v) is 3.76. The van der Waals surface area contributed by atoms with Crippen molar-refractivity contribution in [1.82, 2.24) is 0 Å². The zero-order chi connectivity index (χ0) is 15.6. The lowest BCUT2D eigenvalue weighted by molar-refractivity contribution is -0.175. The summed E-state index contributed by atoms with van der Waals surface area (Å²) in [5.74, 6) is -1.43. The summed E-state index contributed by atoms with van der Waals surface area (Å²) in [4.78, 5) is 1.66. The molecule has 0 amide bonds. The first-order valence-electron chi connectivity index (χ1n) is 6.73. The Hall–Kier alpha value is -1.92. The van der Waals surface area contributed by atoms with E-state index in [1.54, 1.807) is 23.1 Å². The Morgan fingerprint density at radius 2 is 2.14 bits per heavy atom. The van der Waals surface area contributed by atoms with Gasteiger partial charge in [-0.15, -0.1) is 0 Å². The Kier molecular flexibility index (Phi) is 4.29. The average Bonchev–Trinajstić information content (AvgIpc) is 2.45. The van der Waals surface area contributed by atoms with Gasteiger partial charge in [0.1, 0.15) is 0 Å². The second kappa shape index (κ2) is 5.83. The number of alkyl halides is 3. The molecule has 1 unspecified atom stereocenters. The second-order valence-corrected chi connectivity index (χ2v) is 5.33. The lowest BCUT2D eigenvalue weighted by Crippen LogP contribution is -2.42. The fraction of sp³-hybridized carbons (Fsp3) is 0.500. The number of oxime groups is 1. The highest BCUT2D eigenvalue weighted by Crippen LogP contribution is 2.35. The van der Waals surface area contributed by atoms with Gasteiger partial charge in [0.05, 0.1) is 5.92 Å². The molecule has 1 aromatic rings. The van der Waals surface area contributed by atoms with Gasteiger partial charge in [-0.05, 0) is 31.9 Å². The highest BCUT2D eigenvalue weighted by atomic mass is 19.4. The third kappa shape index (κ3) is 3.40. The van der Waals surface area contributed by atoms with E-state index in [2.05, 4.69) is 5.16 Å². The number of amidine groups is 1. The molecule has 1 fully saturated rings. The number of benzene rings is 1. The van der Waals surface area contributed by atoms with E-state index in [1.807, 2.05) is 6.92 Å². The van der Waals surface area contributed by atoms with Crippen LogP contribution in [0.4, 0.5) is 18.9 Å². The predicted octanol–water partition coefficient (Wildman–Crippen LogP) is 2.87.